The molecule has 2 rings (SSSR count). The Balaban J connectivity index is 1.94. The Morgan fingerprint density at radius 1 is 1.57 bits per heavy atom. The molecule has 1 N–H and O–H groups in total. The van der Waals surface area contributed by atoms with Crippen LogP contribution in [-0.2, 0) is 4.74 Å². The first-order valence-corrected chi connectivity index (χ1v) is 7.70. The molecule has 0 bridgehead atoms. The number of methoxy groups -OCH3 is 1. The topological polar surface area (TPSA) is 45.8 Å². The van der Waals surface area contributed by atoms with E-state index in [-0.39, 0.29) is 12.0 Å². The van der Waals surface area contributed by atoms with E-state index in [1.807, 2.05) is 12.1 Å². The largest absolute Gasteiger partial charge is 0.465 e. The van der Waals surface area contributed by atoms with Gasteiger partial charge in [0.15, 0.2) is 0 Å². The zero-order valence-electron chi connectivity index (χ0n) is 13.2. The van der Waals surface area contributed by atoms with Crippen molar-refractivity contribution in [1.82, 2.24) is 4.90 Å². The van der Waals surface area contributed by atoms with Crippen molar-refractivity contribution in [2.24, 2.45) is 5.41 Å². The van der Waals surface area contributed by atoms with Gasteiger partial charge in [0, 0.05) is 32.2 Å². The average molecular weight is 293 g/mol. The van der Waals surface area contributed by atoms with Crippen molar-refractivity contribution in [3.63, 3.8) is 0 Å². The van der Waals surface area contributed by atoms with Crippen LogP contribution in [0.1, 0.15) is 31.9 Å². The van der Waals surface area contributed by atoms with Gasteiger partial charge in [0.25, 0.3) is 0 Å². The smallest absolute Gasteiger partial charge is 0.126 e. The SMILES string of the molecule is COCCC1(CO)CCCN(CC(C)=Cc2ccco2)C1. The Kier molecular flexibility index (Phi) is 6.03. The number of nitrogens with zero attached hydrogens (tertiary/aromatic N) is 1. The van der Waals surface area contributed by atoms with Crippen molar-refractivity contribution < 1.29 is 14.3 Å². The van der Waals surface area contributed by atoms with E-state index < -0.39 is 0 Å². The first kappa shape index (κ1) is 16.3. The fourth-order valence-electron chi connectivity index (χ4n) is 3.19. The lowest BCUT2D eigenvalue weighted by Gasteiger charge is -2.42. The number of hydrogen-bond acceptors (Lipinski definition) is 4. The van der Waals surface area contributed by atoms with E-state index >= 15 is 0 Å². The molecule has 0 aromatic carbocycles. The van der Waals surface area contributed by atoms with Gasteiger partial charge in [-0.1, -0.05) is 5.57 Å². The monoisotopic (exact) mass is 293 g/mol. The molecule has 4 nitrogen and oxygen atoms in total. The lowest BCUT2D eigenvalue weighted by molar-refractivity contribution is 0.0107. The first-order valence-electron chi connectivity index (χ1n) is 7.70. The summed E-state index contributed by atoms with van der Waals surface area (Å²) in [6.45, 7) is 6.06. The van der Waals surface area contributed by atoms with Crippen LogP contribution in [0.25, 0.3) is 6.08 Å². The summed E-state index contributed by atoms with van der Waals surface area (Å²) in [5.74, 6) is 0.900. The summed E-state index contributed by atoms with van der Waals surface area (Å²) in [7, 11) is 1.72. The molecule has 0 radical (unpaired) electrons. The predicted octanol–water partition coefficient (Wildman–Crippen LogP) is 2.79. The number of ether oxygens (including phenoxy) is 1. The van der Waals surface area contributed by atoms with Crippen molar-refractivity contribution in [2.75, 3.05) is 40.0 Å². The minimum Gasteiger partial charge on any atom is -0.465 e. The highest BCUT2D eigenvalue weighted by Gasteiger charge is 2.34. The van der Waals surface area contributed by atoms with Gasteiger partial charge in [0.1, 0.15) is 5.76 Å². The summed E-state index contributed by atoms with van der Waals surface area (Å²) in [4.78, 5) is 2.43. The Morgan fingerprint density at radius 2 is 2.43 bits per heavy atom. The number of likely N-dealkylation sites (tertiary alicyclic amines) is 1. The summed E-state index contributed by atoms with van der Waals surface area (Å²) in [6.07, 6.45) is 6.94. The molecule has 0 saturated carbocycles. The number of aliphatic hydroxyl groups excluding tert-OH is 1. The van der Waals surface area contributed by atoms with Gasteiger partial charge in [0.05, 0.1) is 12.9 Å². The zero-order valence-corrected chi connectivity index (χ0v) is 13.2. The van der Waals surface area contributed by atoms with Crippen LogP contribution >= 0.6 is 0 Å². The molecule has 0 amide bonds. The highest BCUT2D eigenvalue weighted by atomic mass is 16.5. The maximum absolute atomic E-state index is 9.82. The normalized spacial score (nSPS) is 24.4. The van der Waals surface area contributed by atoms with Crippen molar-refractivity contribution in [3.05, 3.63) is 29.7 Å². The number of furan rings is 1. The van der Waals surface area contributed by atoms with Gasteiger partial charge < -0.3 is 14.3 Å². The number of piperidine rings is 1. The van der Waals surface area contributed by atoms with E-state index in [1.165, 1.54) is 5.57 Å². The van der Waals surface area contributed by atoms with Crippen LogP contribution in [0.2, 0.25) is 0 Å². The molecule has 1 aromatic rings. The molecule has 4 heteroatoms. The third kappa shape index (κ3) is 4.70. The van der Waals surface area contributed by atoms with E-state index in [9.17, 15) is 5.11 Å². The quantitative estimate of drug-likeness (QED) is 0.839. The van der Waals surface area contributed by atoms with Crippen LogP contribution in [0.3, 0.4) is 0 Å². The Hall–Kier alpha value is -1.10. The molecular formula is C17H27NO3. The lowest BCUT2D eigenvalue weighted by atomic mass is 9.78. The van der Waals surface area contributed by atoms with Gasteiger partial charge in [0.2, 0.25) is 0 Å². The van der Waals surface area contributed by atoms with Gasteiger partial charge in [-0.3, -0.25) is 4.90 Å². The summed E-state index contributed by atoms with van der Waals surface area (Å²) < 4.78 is 10.6. The third-order valence-corrected chi connectivity index (χ3v) is 4.32. The molecule has 0 aliphatic carbocycles. The summed E-state index contributed by atoms with van der Waals surface area (Å²) in [6, 6.07) is 3.87. The molecule has 2 heterocycles. The van der Waals surface area contributed by atoms with Crippen molar-refractivity contribution in [3.8, 4) is 0 Å². The zero-order chi connectivity index (χ0) is 15.1. The van der Waals surface area contributed by atoms with Crippen LogP contribution in [0.5, 0.6) is 0 Å². The van der Waals surface area contributed by atoms with Gasteiger partial charge >= 0.3 is 0 Å². The Labute approximate surface area is 127 Å². The molecule has 21 heavy (non-hydrogen) atoms. The van der Waals surface area contributed by atoms with Gasteiger partial charge in [-0.15, -0.1) is 0 Å². The maximum Gasteiger partial charge on any atom is 0.126 e. The molecule has 118 valence electrons. The van der Waals surface area contributed by atoms with Crippen molar-refractivity contribution in [1.29, 1.82) is 0 Å². The van der Waals surface area contributed by atoms with Gasteiger partial charge in [-0.05, 0) is 50.9 Å². The molecule has 1 saturated heterocycles. The van der Waals surface area contributed by atoms with Crippen molar-refractivity contribution >= 4 is 6.08 Å². The Bertz CT molecular complexity index is 441. The maximum atomic E-state index is 9.82. The Morgan fingerprint density at radius 3 is 3.10 bits per heavy atom. The van der Waals surface area contributed by atoms with Crippen LogP contribution in [-0.4, -0.2) is 50.0 Å². The van der Waals surface area contributed by atoms with E-state index in [1.54, 1.807) is 13.4 Å². The minimum atomic E-state index is -0.000772. The highest BCUT2D eigenvalue weighted by molar-refractivity contribution is 5.46. The second-order valence-corrected chi connectivity index (χ2v) is 6.22. The molecule has 0 spiro atoms. The van der Waals surface area contributed by atoms with Crippen LogP contribution in [0.4, 0.5) is 0 Å². The molecule has 1 unspecified atom stereocenters. The summed E-state index contributed by atoms with van der Waals surface area (Å²) in [5.41, 5.74) is 1.28. The van der Waals surface area contributed by atoms with Crippen LogP contribution < -0.4 is 0 Å². The highest BCUT2D eigenvalue weighted by Crippen LogP contribution is 2.33. The second kappa shape index (κ2) is 7.78. The molecular weight excluding hydrogens is 266 g/mol. The van der Waals surface area contributed by atoms with Crippen LogP contribution in [0, 0.1) is 5.41 Å². The van der Waals surface area contributed by atoms with E-state index in [4.69, 9.17) is 9.15 Å². The number of hydrogen-bond donors (Lipinski definition) is 1. The van der Waals surface area contributed by atoms with Gasteiger partial charge in [-0.2, -0.15) is 0 Å². The summed E-state index contributed by atoms with van der Waals surface area (Å²) in [5, 5.41) is 9.82. The second-order valence-electron chi connectivity index (χ2n) is 6.22. The summed E-state index contributed by atoms with van der Waals surface area (Å²) >= 11 is 0. The first-order chi connectivity index (χ1) is 10.2. The molecule has 1 aliphatic rings. The lowest BCUT2D eigenvalue weighted by Crippen LogP contribution is -2.46. The minimum absolute atomic E-state index is 0.000772. The fourth-order valence-corrected chi connectivity index (χ4v) is 3.19. The average Bonchev–Trinajstić information content (AvgIpc) is 2.98. The fraction of sp³-hybridized carbons (Fsp3) is 0.647. The van der Waals surface area contributed by atoms with Gasteiger partial charge in [-0.25, -0.2) is 0 Å². The van der Waals surface area contributed by atoms with Crippen LogP contribution in [0.15, 0.2) is 28.4 Å². The third-order valence-electron chi connectivity index (χ3n) is 4.32. The standard InChI is InChI=1S/C17H27NO3/c1-15(11-16-5-3-9-21-16)12-18-8-4-6-17(13-18,14-19)7-10-20-2/h3,5,9,11,19H,4,6-8,10,12-14H2,1-2H3. The van der Waals surface area contributed by atoms with E-state index in [0.29, 0.717) is 0 Å². The molecule has 1 aliphatic heterocycles. The molecule has 1 fully saturated rings. The van der Waals surface area contributed by atoms with E-state index in [0.717, 1.165) is 51.3 Å². The van der Waals surface area contributed by atoms with Crippen molar-refractivity contribution in [2.45, 2.75) is 26.2 Å². The number of aliphatic hydroxyl groups is 1. The molecule has 1 atom stereocenters. The van der Waals surface area contributed by atoms with E-state index in [2.05, 4.69) is 17.9 Å². The predicted molar refractivity (Wildman–Crippen MR) is 84.0 cm³/mol. The number of rotatable bonds is 7. The molecule has 1 aromatic heterocycles.